The van der Waals surface area contributed by atoms with Crippen LogP contribution in [0.1, 0.15) is 19.4 Å². The van der Waals surface area contributed by atoms with Gasteiger partial charge in [0.2, 0.25) is 0 Å². The number of rotatable bonds is 4. The maximum atomic E-state index is 12.8. The maximum absolute atomic E-state index is 12.8. The standard InChI is InChI=1S/C13H16ClF3N2O/c1-3-19(8-9-5-4-6-10(14)7-9)11(20)12(2,18)13(15,16)17/h4-7H,3,8,18H2,1-2H3. The number of carbonyl (C=O) groups excluding carboxylic acids is 1. The monoisotopic (exact) mass is 308 g/mol. The Morgan fingerprint density at radius 3 is 2.45 bits per heavy atom. The molecule has 0 fully saturated rings. The maximum Gasteiger partial charge on any atom is 0.415 e. The lowest BCUT2D eigenvalue weighted by molar-refractivity contribution is -0.194. The lowest BCUT2D eigenvalue weighted by Crippen LogP contribution is -2.62. The summed E-state index contributed by atoms with van der Waals surface area (Å²) in [5, 5.41) is 0.456. The van der Waals surface area contributed by atoms with Crippen molar-refractivity contribution in [2.45, 2.75) is 32.1 Å². The number of nitrogens with two attached hydrogens (primary N) is 1. The first kappa shape index (κ1) is 16.8. The van der Waals surface area contributed by atoms with Crippen molar-refractivity contribution in [3.63, 3.8) is 0 Å². The summed E-state index contributed by atoms with van der Waals surface area (Å²) in [5.41, 5.74) is 2.90. The third-order valence-electron chi connectivity index (χ3n) is 2.96. The smallest absolute Gasteiger partial charge is 0.337 e. The van der Waals surface area contributed by atoms with E-state index in [4.69, 9.17) is 17.3 Å². The highest BCUT2D eigenvalue weighted by molar-refractivity contribution is 6.30. The van der Waals surface area contributed by atoms with Crippen LogP contribution in [-0.2, 0) is 11.3 Å². The molecule has 112 valence electrons. The first-order valence-electron chi connectivity index (χ1n) is 5.99. The van der Waals surface area contributed by atoms with Crippen molar-refractivity contribution < 1.29 is 18.0 Å². The van der Waals surface area contributed by atoms with Crippen LogP contribution in [0.25, 0.3) is 0 Å². The molecule has 0 radical (unpaired) electrons. The number of nitrogens with zero attached hydrogens (tertiary/aromatic N) is 1. The molecular formula is C13H16ClF3N2O. The molecule has 1 unspecified atom stereocenters. The molecule has 0 bridgehead atoms. The quantitative estimate of drug-likeness (QED) is 0.929. The van der Waals surface area contributed by atoms with Crippen LogP contribution in [0.3, 0.4) is 0 Å². The Labute approximate surface area is 120 Å². The summed E-state index contributed by atoms with van der Waals surface area (Å²) >= 11 is 5.81. The molecular weight excluding hydrogens is 293 g/mol. The van der Waals surface area contributed by atoms with Gasteiger partial charge in [0.25, 0.3) is 5.91 Å². The molecule has 1 aromatic rings. The number of hydrogen-bond donors (Lipinski definition) is 1. The lowest BCUT2D eigenvalue weighted by Gasteiger charge is -2.32. The molecule has 0 spiro atoms. The second-order valence-electron chi connectivity index (χ2n) is 4.65. The molecule has 20 heavy (non-hydrogen) atoms. The highest BCUT2D eigenvalue weighted by Crippen LogP contribution is 2.30. The molecule has 2 N–H and O–H groups in total. The highest BCUT2D eigenvalue weighted by Gasteiger charge is 2.55. The van der Waals surface area contributed by atoms with Gasteiger partial charge in [-0.3, -0.25) is 4.79 Å². The van der Waals surface area contributed by atoms with Crippen molar-refractivity contribution in [2.75, 3.05) is 6.54 Å². The topological polar surface area (TPSA) is 46.3 Å². The van der Waals surface area contributed by atoms with Crippen LogP contribution in [0.5, 0.6) is 0 Å². The fraction of sp³-hybridized carbons (Fsp3) is 0.462. The van der Waals surface area contributed by atoms with Crippen molar-refractivity contribution in [2.24, 2.45) is 5.73 Å². The minimum atomic E-state index is -4.80. The minimum absolute atomic E-state index is 0.0266. The number of benzene rings is 1. The SMILES string of the molecule is CCN(Cc1cccc(Cl)c1)C(=O)C(C)(N)C(F)(F)F. The van der Waals surface area contributed by atoms with Gasteiger partial charge >= 0.3 is 6.18 Å². The third kappa shape index (κ3) is 3.64. The van der Waals surface area contributed by atoms with Gasteiger partial charge in [-0.2, -0.15) is 13.2 Å². The van der Waals surface area contributed by atoms with E-state index in [0.717, 1.165) is 4.90 Å². The van der Waals surface area contributed by atoms with Gasteiger partial charge in [-0.1, -0.05) is 23.7 Å². The Balaban J connectivity index is 2.94. The van der Waals surface area contributed by atoms with Gasteiger partial charge in [-0.05, 0) is 31.5 Å². The van der Waals surface area contributed by atoms with Gasteiger partial charge in [0.05, 0.1) is 0 Å². The van der Waals surface area contributed by atoms with E-state index < -0.39 is 17.6 Å². The first-order valence-corrected chi connectivity index (χ1v) is 6.36. The molecule has 0 saturated heterocycles. The third-order valence-corrected chi connectivity index (χ3v) is 3.20. The number of halogens is 4. The van der Waals surface area contributed by atoms with E-state index in [9.17, 15) is 18.0 Å². The summed E-state index contributed by atoms with van der Waals surface area (Å²) in [7, 11) is 0. The second-order valence-corrected chi connectivity index (χ2v) is 5.09. The van der Waals surface area contributed by atoms with E-state index in [0.29, 0.717) is 17.5 Å². The van der Waals surface area contributed by atoms with E-state index in [1.54, 1.807) is 31.2 Å². The van der Waals surface area contributed by atoms with Gasteiger partial charge in [0.15, 0.2) is 5.54 Å². The van der Waals surface area contributed by atoms with Crippen LogP contribution in [0, 0.1) is 0 Å². The molecule has 1 amide bonds. The molecule has 0 aliphatic rings. The number of hydrogen-bond acceptors (Lipinski definition) is 2. The van der Waals surface area contributed by atoms with Gasteiger partial charge in [0, 0.05) is 18.1 Å². The zero-order valence-corrected chi connectivity index (χ0v) is 11.9. The van der Waals surface area contributed by atoms with Crippen molar-refractivity contribution in [3.05, 3.63) is 34.9 Å². The molecule has 1 aromatic carbocycles. The summed E-state index contributed by atoms with van der Waals surface area (Å²) in [5.74, 6) is -1.16. The second kappa shape index (κ2) is 6.01. The van der Waals surface area contributed by atoms with Gasteiger partial charge in [-0.25, -0.2) is 0 Å². The van der Waals surface area contributed by atoms with Crippen molar-refractivity contribution in [1.82, 2.24) is 4.90 Å². The molecule has 0 aliphatic heterocycles. The Morgan fingerprint density at radius 2 is 2.00 bits per heavy atom. The molecule has 1 atom stereocenters. The lowest BCUT2D eigenvalue weighted by atomic mass is 10.0. The zero-order chi connectivity index (χ0) is 15.6. The van der Waals surface area contributed by atoms with Crippen molar-refractivity contribution in [3.8, 4) is 0 Å². The molecule has 1 rings (SSSR count). The number of likely N-dealkylation sites (N-methyl/N-ethyl adjacent to an activating group) is 1. The van der Waals surface area contributed by atoms with E-state index >= 15 is 0 Å². The Kier molecular flexibility index (Phi) is 5.05. The van der Waals surface area contributed by atoms with Gasteiger partial charge in [0.1, 0.15) is 0 Å². The van der Waals surface area contributed by atoms with Crippen molar-refractivity contribution in [1.29, 1.82) is 0 Å². The Bertz CT molecular complexity index is 489. The predicted octanol–water partition coefficient (Wildman–Crippen LogP) is 2.97. The van der Waals surface area contributed by atoms with Crippen LogP contribution >= 0.6 is 11.6 Å². The van der Waals surface area contributed by atoms with Crippen molar-refractivity contribution >= 4 is 17.5 Å². The summed E-state index contributed by atoms with van der Waals surface area (Å²) in [6.45, 7) is 2.41. The van der Waals surface area contributed by atoms with Crippen LogP contribution in [0.15, 0.2) is 24.3 Å². The van der Waals surface area contributed by atoms with E-state index in [-0.39, 0.29) is 13.1 Å². The Hall–Kier alpha value is -1.27. The number of amides is 1. The predicted molar refractivity (Wildman–Crippen MR) is 71.2 cm³/mol. The van der Waals surface area contributed by atoms with Crippen LogP contribution in [-0.4, -0.2) is 29.1 Å². The largest absolute Gasteiger partial charge is 0.415 e. The molecule has 0 saturated carbocycles. The highest BCUT2D eigenvalue weighted by atomic mass is 35.5. The van der Waals surface area contributed by atoms with E-state index in [2.05, 4.69) is 0 Å². The van der Waals surface area contributed by atoms with Gasteiger partial charge < -0.3 is 10.6 Å². The van der Waals surface area contributed by atoms with Crippen LogP contribution in [0.4, 0.5) is 13.2 Å². The molecule has 0 heterocycles. The van der Waals surface area contributed by atoms with Crippen LogP contribution in [0.2, 0.25) is 5.02 Å². The summed E-state index contributed by atoms with van der Waals surface area (Å²) in [4.78, 5) is 13.0. The number of alkyl halides is 3. The zero-order valence-electron chi connectivity index (χ0n) is 11.2. The normalized spacial score (nSPS) is 14.8. The molecule has 0 aliphatic carbocycles. The van der Waals surface area contributed by atoms with Crippen LogP contribution < -0.4 is 5.73 Å². The number of carbonyl (C=O) groups is 1. The summed E-state index contributed by atoms with van der Waals surface area (Å²) < 4.78 is 38.4. The molecule has 0 aromatic heterocycles. The average Bonchev–Trinajstić information content (AvgIpc) is 2.33. The fourth-order valence-electron chi connectivity index (χ4n) is 1.63. The minimum Gasteiger partial charge on any atom is -0.337 e. The fourth-order valence-corrected chi connectivity index (χ4v) is 1.85. The van der Waals surface area contributed by atoms with E-state index in [1.165, 1.54) is 0 Å². The Morgan fingerprint density at radius 1 is 1.40 bits per heavy atom. The van der Waals surface area contributed by atoms with E-state index in [1.807, 2.05) is 0 Å². The average molecular weight is 309 g/mol. The molecule has 3 nitrogen and oxygen atoms in total. The van der Waals surface area contributed by atoms with Gasteiger partial charge in [-0.15, -0.1) is 0 Å². The summed E-state index contributed by atoms with van der Waals surface area (Å²) in [6.07, 6.45) is -4.80. The first-order chi connectivity index (χ1) is 9.09. The summed E-state index contributed by atoms with van der Waals surface area (Å²) in [6, 6.07) is 6.59. The molecule has 7 heteroatoms.